The van der Waals surface area contributed by atoms with Crippen LogP contribution in [0, 0.1) is 6.92 Å². The topological polar surface area (TPSA) is 90.6 Å². The zero-order valence-corrected chi connectivity index (χ0v) is 16.2. The lowest BCUT2D eigenvalue weighted by atomic mass is 10.1. The molecule has 0 radical (unpaired) electrons. The first-order valence-electron chi connectivity index (χ1n) is 9.47. The maximum absolute atomic E-state index is 13.0. The molecule has 8 heteroatoms. The minimum Gasteiger partial charge on any atom is -0.489 e. The number of carbonyl (C=O) groups excluding carboxylic acids is 1. The lowest BCUT2D eigenvalue weighted by molar-refractivity contribution is -0.140. The Morgan fingerprint density at radius 1 is 1.28 bits per heavy atom. The van der Waals surface area contributed by atoms with Crippen molar-refractivity contribution in [3.8, 4) is 5.75 Å². The maximum Gasteiger partial charge on any atom is 0.251 e. The van der Waals surface area contributed by atoms with Crippen LogP contribution in [-0.2, 0) is 22.6 Å². The molecule has 1 amide bonds. The van der Waals surface area contributed by atoms with Crippen molar-refractivity contribution in [1.29, 1.82) is 0 Å². The summed E-state index contributed by atoms with van der Waals surface area (Å²) in [6.45, 7) is 3.50. The Kier molecular flexibility index (Phi) is 5.81. The standard InChI is InChI=1S/C21H22N4O4/c1-15-23-21(29-24-15)19-14-27-9-8-25(19)20(26)11-16-4-2-6-18(10-16)28-13-17-5-3-7-22-12-17/h2-7,10,12,19H,8-9,11,13-14H2,1H3/t19-/m1/s1. The second-order valence-electron chi connectivity index (χ2n) is 6.83. The highest BCUT2D eigenvalue weighted by Gasteiger charge is 2.32. The Morgan fingerprint density at radius 2 is 2.17 bits per heavy atom. The third-order valence-corrected chi connectivity index (χ3v) is 4.66. The van der Waals surface area contributed by atoms with Crippen LogP contribution < -0.4 is 4.74 Å². The van der Waals surface area contributed by atoms with Crippen LogP contribution in [0.5, 0.6) is 5.75 Å². The number of rotatable bonds is 6. The molecule has 150 valence electrons. The largest absolute Gasteiger partial charge is 0.489 e. The molecule has 29 heavy (non-hydrogen) atoms. The van der Waals surface area contributed by atoms with Gasteiger partial charge in [0.15, 0.2) is 5.82 Å². The zero-order valence-electron chi connectivity index (χ0n) is 16.2. The molecule has 1 saturated heterocycles. The second kappa shape index (κ2) is 8.83. The van der Waals surface area contributed by atoms with Crippen LogP contribution in [0.2, 0.25) is 0 Å². The quantitative estimate of drug-likeness (QED) is 0.634. The van der Waals surface area contributed by atoms with E-state index in [4.69, 9.17) is 14.0 Å². The van der Waals surface area contributed by atoms with E-state index in [0.717, 1.165) is 11.1 Å². The van der Waals surface area contributed by atoms with Crippen molar-refractivity contribution in [3.05, 3.63) is 71.6 Å². The number of carbonyl (C=O) groups is 1. The molecule has 3 heterocycles. The fourth-order valence-electron chi connectivity index (χ4n) is 3.23. The fraction of sp³-hybridized carbons (Fsp3) is 0.333. The van der Waals surface area contributed by atoms with E-state index in [9.17, 15) is 4.79 Å². The summed E-state index contributed by atoms with van der Waals surface area (Å²) >= 11 is 0. The summed E-state index contributed by atoms with van der Waals surface area (Å²) in [4.78, 5) is 23.1. The molecule has 0 aliphatic carbocycles. The van der Waals surface area contributed by atoms with E-state index < -0.39 is 0 Å². The molecule has 1 aliphatic rings. The van der Waals surface area contributed by atoms with Gasteiger partial charge in [0.2, 0.25) is 5.91 Å². The van der Waals surface area contributed by atoms with Crippen molar-refractivity contribution in [2.75, 3.05) is 19.8 Å². The second-order valence-corrected chi connectivity index (χ2v) is 6.83. The highest BCUT2D eigenvalue weighted by atomic mass is 16.5. The molecule has 0 saturated carbocycles. The number of benzene rings is 1. The van der Waals surface area contributed by atoms with E-state index in [2.05, 4.69) is 15.1 Å². The molecule has 1 fully saturated rings. The summed E-state index contributed by atoms with van der Waals surface area (Å²) < 4.78 is 16.6. The Morgan fingerprint density at radius 3 is 2.97 bits per heavy atom. The lowest BCUT2D eigenvalue weighted by Gasteiger charge is -2.33. The first-order chi connectivity index (χ1) is 14.2. The summed E-state index contributed by atoms with van der Waals surface area (Å²) in [6.07, 6.45) is 3.75. The van der Waals surface area contributed by atoms with Crippen molar-refractivity contribution in [3.63, 3.8) is 0 Å². The number of amides is 1. The van der Waals surface area contributed by atoms with Crippen LogP contribution in [-0.4, -0.2) is 45.7 Å². The Labute approximate surface area is 168 Å². The highest BCUT2D eigenvalue weighted by molar-refractivity contribution is 5.79. The van der Waals surface area contributed by atoms with Gasteiger partial charge >= 0.3 is 0 Å². The van der Waals surface area contributed by atoms with Gasteiger partial charge in [-0.1, -0.05) is 23.4 Å². The number of hydrogen-bond acceptors (Lipinski definition) is 7. The first-order valence-corrected chi connectivity index (χ1v) is 9.47. The van der Waals surface area contributed by atoms with Gasteiger partial charge in [-0.05, 0) is 30.7 Å². The van der Waals surface area contributed by atoms with E-state index in [1.807, 2.05) is 36.4 Å². The van der Waals surface area contributed by atoms with E-state index in [1.165, 1.54) is 0 Å². The normalized spacial score (nSPS) is 16.6. The van der Waals surface area contributed by atoms with Gasteiger partial charge in [0, 0.05) is 24.5 Å². The third kappa shape index (κ3) is 4.78. The maximum atomic E-state index is 13.0. The minimum absolute atomic E-state index is 0.0152. The monoisotopic (exact) mass is 394 g/mol. The summed E-state index contributed by atoms with van der Waals surface area (Å²) in [7, 11) is 0. The van der Waals surface area contributed by atoms with Crippen LogP contribution in [0.25, 0.3) is 0 Å². The number of aryl methyl sites for hydroxylation is 1. The third-order valence-electron chi connectivity index (χ3n) is 4.66. The number of aromatic nitrogens is 3. The van der Waals surface area contributed by atoms with Gasteiger partial charge in [-0.2, -0.15) is 4.98 Å². The minimum atomic E-state index is -0.359. The Hall–Kier alpha value is -3.26. The summed E-state index contributed by atoms with van der Waals surface area (Å²) in [6, 6.07) is 11.0. The molecule has 8 nitrogen and oxygen atoms in total. The molecule has 1 aliphatic heterocycles. The summed E-state index contributed by atoms with van der Waals surface area (Å²) in [5.74, 6) is 1.64. The molecule has 2 aromatic heterocycles. The van der Waals surface area contributed by atoms with E-state index in [0.29, 0.717) is 43.8 Å². The van der Waals surface area contributed by atoms with Gasteiger partial charge in [0.1, 0.15) is 18.4 Å². The van der Waals surface area contributed by atoms with Crippen LogP contribution in [0.1, 0.15) is 28.9 Å². The Balaban J connectivity index is 1.42. The molecule has 0 bridgehead atoms. The van der Waals surface area contributed by atoms with Crippen molar-refractivity contribution in [2.45, 2.75) is 26.0 Å². The van der Waals surface area contributed by atoms with Crippen molar-refractivity contribution in [2.24, 2.45) is 0 Å². The molecule has 1 aromatic carbocycles. The van der Waals surface area contributed by atoms with E-state index in [1.54, 1.807) is 24.2 Å². The predicted molar refractivity (Wildman–Crippen MR) is 103 cm³/mol. The SMILES string of the molecule is Cc1noc([C@H]2COCCN2C(=O)Cc2cccc(OCc3cccnc3)c2)n1. The molecule has 0 N–H and O–H groups in total. The molecule has 0 unspecified atom stereocenters. The van der Waals surface area contributed by atoms with Crippen LogP contribution in [0.15, 0.2) is 53.3 Å². The van der Waals surface area contributed by atoms with Crippen LogP contribution >= 0.6 is 0 Å². The number of nitrogens with zero attached hydrogens (tertiary/aromatic N) is 4. The molecule has 0 spiro atoms. The number of ether oxygens (including phenoxy) is 2. The molecule has 1 atom stereocenters. The predicted octanol–water partition coefficient (Wildman–Crippen LogP) is 2.49. The average molecular weight is 394 g/mol. The van der Waals surface area contributed by atoms with E-state index >= 15 is 0 Å². The van der Waals surface area contributed by atoms with Gasteiger partial charge in [-0.3, -0.25) is 9.78 Å². The average Bonchev–Trinajstić information content (AvgIpc) is 3.19. The number of pyridine rings is 1. The molecular formula is C21H22N4O4. The van der Waals surface area contributed by atoms with Gasteiger partial charge < -0.3 is 18.9 Å². The summed E-state index contributed by atoms with van der Waals surface area (Å²) in [5, 5.41) is 3.83. The first kappa shape index (κ1) is 19.1. The van der Waals surface area contributed by atoms with E-state index in [-0.39, 0.29) is 18.4 Å². The molecule has 4 rings (SSSR count). The van der Waals surface area contributed by atoms with Gasteiger partial charge in [0.25, 0.3) is 5.89 Å². The van der Waals surface area contributed by atoms with Crippen molar-refractivity contribution < 1.29 is 18.8 Å². The number of hydrogen-bond donors (Lipinski definition) is 0. The van der Waals surface area contributed by atoms with Crippen LogP contribution in [0.3, 0.4) is 0 Å². The van der Waals surface area contributed by atoms with Crippen LogP contribution in [0.4, 0.5) is 0 Å². The molecule has 3 aromatic rings. The van der Waals surface area contributed by atoms with Crippen molar-refractivity contribution >= 4 is 5.91 Å². The zero-order chi connectivity index (χ0) is 20.1. The Bertz CT molecular complexity index is 960. The highest BCUT2D eigenvalue weighted by Crippen LogP contribution is 2.24. The molecular weight excluding hydrogens is 372 g/mol. The van der Waals surface area contributed by atoms with Crippen molar-refractivity contribution in [1.82, 2.24) is 20.0 Å². The summed E-state index contributed by atoms with van der Waals surface area (Å²) in [5.41, 5.74) is 1.87. The lowest BCUT2D eigenvalue weighted by Crippen LogP contribution is -2.44. The van der Waals surface area contributed by atoms with Gasteiger partial charge in [0.05, 0.1) is 19.6 Å². The number of morpholine rings is 1. The van der Waals surface area contributed by atoms with Gasteiger partial charge in [-0.15, -0.1) is 0 Å². The smallest absolute Gasteiger partial charge is 0.251 e. The van der Waals surface area contributed by atoms with Gasteiger partial charge in [-0.25, -0.2) is 0 Å². The fourth-order valence-corrected chi connectivity index (χ4v) is 3.23.